The molecule has 22 aromatic rings. The number of aromatic nitrogens is 7. The topological polar surface area (TPSA) is 143 Å². The van der Waals surface area contributed by atoms with Crippen molar-refractivity contribution >= 4 is 87.8 Å². The van der Waals surface area contributed by atoms with Gasteiger partial charge < -0.3 is 52.6 Å². The van der Waals surface area contributed by atoms with Gasteiger partial charge in [0.05, 0.1) is 22.3 Å². The Morgan fingerprint density at radius 1 is 0.197 bits per heavy atom. The summed E-state index contributed by atoms with van der Waals surface area (Å²) in [5, 5.41) is 8.94. The number of aryl methyl sites for hydroxylation is 1. The molecule has 11 heterocycles. The number of pyridine rings is 7. The van der Waals surface area contributed by atoms with E-state index >= 15 is 0 Å². The van der Waals surface area contributed by atoms with Crippen molar-refractivity contribution in [1.82, 2.24) is 34.9 Å². The van der Waals surface area contributed by atoms with Crippen LogP contribution in [-0.2, 0) is 80.4 Å². The Kier molecular flexibility index (Phi) is 29.7. The molecule has 0 N–H and O–H groups in total. The summed E-state index contributed by atoms with van der Waals surface area (Å²) < 4.78 is 23.9. The van der Waals surface area contributed by atoms with Crippen LogP contribution in [0.4, 0.5) is 0 Å². The van der Waals surface area contributed by atoms with Crippen LogP contribution in [0.3, 0.4) is 0 Å². The van der Waals surface area contributed by atoms with E-state index in [0.29, 0.717) is 0 Å². The zero-order valence-electron chi connectivity index (χ0n) is 62.5. The molecule has 11 aromatic heterocycles. The van der Waals surface area contributed by atoms with Gasteiger partial charge in [-0.05, 0) is 113 Å². The second kappa shape index (κ2) is 41.5. The number of para-hydroxylation sites is 4. The fraction of sp³-hybridized carbons (Fsp3) is 0.00980. The predicted molar refractivity (Wildman–Crippen MR) is 453 cm³/mol. The predicted octanol–water partition coefficient (Wildman–Crippen LogP) is 25.7. The molecule has 0 aliphatic rings. The van der Waals surface area contributed by atoms with Gasteiger partial charge in [0.15, 0.2) is 0 Å². The summed E-state index contributed by atoms with van der Waals surface area (Å²) in [7, 11) is 0. The Morgan fingerprint density at radius 3 is 0.667 bits per heavy atom. The van der Waals surface area contributed by atoms with Crippen molar-refractivity contribution in [3.8, 4) is 78.8 Å². The number of benzene rings is 11. The van der Waals surface area contributed by atoms with E-state index in [1.54, 1.807) is 37.2 Å². The van der Waals surface area contributed by atoms with Crippen LogP contribution < -0.4 is 0 Å². The van der Waals surface area contributed by atoms with Gasteiger partial charge in [-0.3, -0.25) is 0 Å². The van der Waals surface area contributed by atoms with E-state index in [1.807, 2.05) is 323 Å². The molecule has 0 amide bonds. The smallest absolute Gasteiger partial charge is 0.120 e. The molecule has 0 saturated heterocycles. The van der Waals surface area contributed by atoms with E-state index < -0.39 is 0 Å². The van der Waals surface area contributed by atoms with Gasteiger partial charge in [0.1, 0.15) is 22.3 Å². The number of hydrogen-bond acceptors (Lipinski definition) is 11. The standard InChI is InChI=1S/4C17H10NO.C12H10N.2C11H8N.4Ir/c4*1-2-10-16-12(6-1)13-7-5-8-14(17(13)19-16)15-9-3-4-11-18-15;1-10-7-8-12(13-9-10)11-5-3-2-4-6-11;2*1-2-6-10(7-3-1)11-8-4-5-9-12-11;;;;/h4*1-7,9-11H;2-5,7-9H,1H3;2*1-6,8-9H;;;;/q7*-1;;;;. The van der Waals surface area contributed by atoms with Crippen LogP contribution in [-0.4, -0.2) is 34.9 Å². The Bertz CT molecular complexity index is 6050. The summed E-state index contributed by atoms with van der Waals surface area (Å²) in [6.07, 6.45) is 12.6. The zero-order chi connectivity index (χ0) is 76.2. The molecule has 0 spiro atoms. The van der Waals surface area contributed by atoms with E-state index in [0.717, 1.165) is 167 Å². The summed E-state index contributed by atoms with van der Waals surface area (Å²) in [6, 6.07) is 133. The number of fused-ring (bicyclic) bond motifs is 12. The Morgan fingerprint density at radius 2 is 0.436 bits per heavy atom. The largest absolute Gasteiger partial charge is 0.501 e. The van der Waals surface area contributed by atoms with Crippen LogP contribution in [0.2, 0.25) is 0 Å². The first-order valence-electron chi connectivity index (χ1n) is 36.6. The third-order valence-electron chi connectivity index (χ3n) is 18.2. The minimum Gasteiger partial charge on any atom is -0.501 e. The van der Waals surface area contributed by atoms with Crippen molar-refractivity contribution in [3.05, 3.63) is 431 Å². The molecular formula is C102H66Ir4N7O4-7. The molecule has 117 heavy (non-hydrogen) atoms. The fourth-order valence-corrected chi connectivity index (χ4v) is 12.9. The number of hydrogen-bond donors (Lipinski definition) is 0. The molecule has 576 valence electrons. The minimum atomic E-state index is 0. The van der Waals surface area contributed by atoms with Crippen molar-refractivity contribution < 1.29 is 98.1 Å². The zero-order valence-corrected chi connectivity index (χ0v) is 72.1. The van der Waals surface area contributed by atoms with Crippen LogP contribution in [0, 0.1) is 49.4 Å². The van der Waals surface area contributed by atoms with Gasteiger partial charge in [0.2, 0.25) is 0 Å². The van der Waals surface area contributed by atoms with Gasteiger partial charge in [0.25, 0.3) is 0 Å². The minimum absolute atomic E-state index is 0. The average Bonchev–Trinajstić information content (AvgIpc) is 1.64. The molecule has 11 nitrogen and oxygen atoms in total. The van der Waals surface area contributed by atoms with Crippen LogP contribution in [0.15, 0.2) is 401 Å². The van der Waals surface area contributed by atoms with Gasteiger partial charge in [-0.15, -0.1) is 180 Å². The number of nitrogens with zero attached hydrogens (tertiary/aromatic N) is 7. The van der Waals surface area contributed by atoms with E-state index in [4.69, 9.17) is 17.7 Å². The van der Waals surface area contributed by atoms with Gasteiger partial charge in [0, 0.05) is 145 Å². The van der Waals surface area contributed by atoms with E-state index in [1.165, 1.54) is 5.56 Å². The second-order valence-corrected chi connectivity index (χ2v) is 25.6. The van der Waals surface area contributed by atoms with Gasteiger partial charge >= 0.3 is 0 Å². The van der Waals surface area contributed by atoms with E-state index in [2.05, 4.69) is 108 Å². The molecule has 4 radical (unpaired) electrons. The van der Waals surface area contributed by atoms with Crippen LogP contribution in [0.5, 0.6) is 0 Å². The van der Waals surface area contributed by atoms with Crippen molar-refractivity contribution in [1.29, 1.82) is 0 Å². The summed E-state index contributed by atoms with van der Waals surface area (Å²) >= 11 is 0. The van der Waals surface area contributed by atoms with Crippen molar-refractivity contribution in [2.24, 2.45) is 0 Å². The Hall–Kier alpha value is -12.7. The Balaban J connectivity index is 0.000000126. The third-order valence-corrected chi connectivity index (χ3v) is 18.2. The maximum Gasteiger partial charge on any atom is 0.120 e. The van der Waals surface area contributed by atoms with Gasteiger partial charge in [-0.25, -0.2) is 0 Å². The second-order valence-electron chi connectivity index (χ2n) is 25.6. The molecule has 11 aromatic carbocycles. The van der Waals surface area contributed by atoms with Crippen LogP contribution >= 0.6 is 0 Å². The summed E-state index contributed by atoms with van der Waals surface area (Å²) in [6.45, 7) is 2.03. The molecule has 0 atom stereocenters. The molecule has 0 unspecified atom stereocenters. The summed E-state index contributed by atoms with van der Waals surface area (Å²) in [5.74, 6) is 0. The van der Waals surface area contributed by atoms with Crippen molar-refractivity contribution in [2.45, 2.75) is 6.92 Å². The number of rotatable bonds is 7. The van der Waals surface area contributed by atoms with Crippen molar-refractivity contribution in [2.75, 3.05) is 0 Å². The van der Waals surface area contributed by atoms with Crippen molar-refractivity contribution in [3.63, 3.8) is 0 Å². The first kappa shape index (κ1) is 83.7. The first-order chi connectivity index (χ1) is 56.0. The molecule has 15 heteroatoms. The number of furan rings is 4. The van der Waals surface area contributed by atoms with E-state index in [-0.39, 0.29) is 80.4 Å². The molecule has 0 bridgehead atoms. The molecule has 22 rings (SSSR count). The maximum atomic E-state index is 5.97. The normalized spacial score (nSPS) is 10.3. The average molecular weight is 2220 g/mol. The molecular weight excluding hydrogens is 2160 g/mol. The SMILES string of the molecule is Cc1ccc(-c2[c-]cccc2)nc1.[Ir].[Ir].[Ir].[Ir].[c-]1ccc2c(oc3ccccc32)c1-c1ccccn1.[c-]1ccc2c(oc3ccccc32)c1-c1ccccn1.[c-]1ccc2c(oc3ccccc32)c1-c1ccccn1.[c-]1ccc2c(oc3ccccc32)c1-c1ccccn1.[c-]1ccccc1-c1ccccn1.[c-]1ccccc1-c1ccccn1. The van der Waals surface area contributed by atoms with Crippen LogP contribution in [0.1, 0.15) is 5.56 Å². The molecule has 0 saturated carbocycles. The molecule has 0 fully saturated rings. The van der Waals surface area contributed by atoms with Gasteiger partial charge in [-0.2, -0.15) is 0 Å². The van der Waals surface area contributed by atoms with Crippen LogP contribution in [0.25, 0.3) is 167 Å². The summed E-state index contributed by atoms with van der Waals surface area (Å²) in [5.41, 5.74) is 21.4. The fourth-order valence-electron chi connectivity index (χ4n) is 12.9. The maximum absolute atomic E-state index is 5.97. The third kappa shape index (κ3) is 20.1. The summed E-state index contributed by atoms with van der Waals surface area (Å²) in [4.78, 5) is 30.3. The molecule has 0 aliphatic carbocycles. The van der Waals surface area contributed by atoms with E-state index in [9.17, 15) is 0 Å². The quantitative estimate of drug-likeness (QED) is 0.141. The van der Waals surface area contributed by atoms with Gasteiger partial charge in [-0.1, -0.05) is 202 Å². The monoisotopic (exact) mass is 2220 g/mol. The first-order valence-corrected chi connectivity index (χ1v) is 36.6. The molecule has 0 aliphatic heterocycles. The Labute approximate surface area is 731 Å².